The third-order valence-corrected chi connectivity index (χ3v) is 2.61. The summed E-state index contributed by atoms with van der Waals surface area (Å²) in [5.74, 6) is 0. The zero-order valence-electron chi connectivity index (χ0n) is 8.83. The lowest BCUT2D eigenvalue weighted by molar-refractivity contribution is 0.112. The highest BCUT2D eigenvalue weighted by atomic mass is 16.5. The average molecular weight is 224 g/mol. The molecule has 4 heteroatoms. The molecule has 2 aromatic heterocycles. The van der Waals surface area contributed by atoms with Gasteiger partial charge in [-0.2, -0.15) is 0 Å². The number of fused-ring (bicyclic) bond motifs is 1. The first-order chi connectivity index (χ1) is 8.40. The molecule has 0 fully saturated rings. The molecule has 0 unspecified atom stereocenters. The van der Waals surface area contributed by atoms with Gasteiger partial charge in [0.1, 0.15) is 5.69 Å². The van der Waals surface area contributed by atoms with Crippen molar-refractivity contribution in [3.8, 4) is 11.3 Å². The van der Waals surface area contributed by atoms with Gasteiger partial charge in [-0.15, -0.1) is 0 Å². The van der Waals surface area contributed by atoms with Crippen LogP contribution in [0, 0.1) is 0 Å². The monoisotopic (exact) mass is 224 g/mol. The molecule has 0 amide bonds. The van der Waals surface area contributed by atoms with Gasteiger partial charge >= 0.3 is 0 Å². The number of hydrogen-bond donors (Lipinski definition) is 0. The van der Waals surface area contributed by atoms with E-state index < -0.39 is 0 Å². The molecular formula is C13H8N2O2. The maximum absolute atomic E-state index is 11.0. The third-order valence-electron chi connectivity index (χ3n) is 2.61. The molecule has 0 saturated carbocycles. The predicted molar refractivity (Wildman–Crippen MR) is 62.6 cm³/mol. The van der Waals surface area contributed by atoms with Crippen LogP contribution in [-0.2, 0) is 0 Å². The molecule has 2 heterocycles. The number of carbonyl (C=O) groups excluding carboxylic acids is 1. The molecule has 3 aromatic rings. The molecule has 0 atom stereocenters. The van der Waals surface area contributed by atoms with Gasteiger partial charge in [0.2, 0.25) is 0 Å². The number of rotatable bonds is 2. The topological polar surface area (TPSA) is 56.0 Å². The van der Waals surface area contributed by atoms with Gasteiger partial charge in [0.25, 0.3) is 0 Å². The van der Waals surface area contributed by atoms with Gasteiger partial charge in [0.05, 0.1) is 5.39 Å². The Kier molecular flexibility index (Phi) is 2.19. The van der Waals surface area contributed by atoms with Crippen molar-refractivity contribution < 1.29 is 9.32 Å². The summed E-state index contributed by atoms with van der Waals surface area (Å²) in [6, 6.07) is 9.01. The second-order valence-corrected chi connectivity index (χ2v) is 3.61. The van der Waals surface area contributed by atoms with Crippen molar-refractivity contribution in [2.45, 2.75) is 0 Å². The second kappa shape index (κ2) is 3.83. The van der Waals surface area contributed by atoms with Gasteiger partial charge in [0, 0.05) is 29.6 Å². The first kappa shape index (κ1) is 9.72. The maximum atomic E-state index is 11.0. The Morgan fingerprint density at radius 2 is 2.06 bits per heavy atom. The van der Waals surface area contributed by atoms with Crippen molar-refractivity contribution in [2.24, 2.45) is 0 Å². The van der Waals surface area contributed by atoms with Crippen molar-refractivity contribution in [1.29, 1.82) is 0 Å². The van der Waals surface area contributed by atoms with Crippen LogP contribution in [0.25, 0.3) is 22.2 Å². The number of benzene rings is 1. The minimum absolute atomic E-state index is 0.589. The Hall–Kier alpha value is -2.49. The van der Waals surface area contributed by atoms with E-state index in [1.54, 1.807) is 24.5 Å². The minimum atomic E-state index is 0.589. The molecule has 4 nitrogen and oxygen atoms in total. The standard InChI is InChI=1S/C13H8N2O2/c16-8-9-3-1-2-4-10(9)13-11-7-14-6-5-12(11)17-15-13/h1-8H. The zero-order chi connectivity index (χ0) is 11.7. The van der Waals surface area contributed by atoms with Gasteiger partial charge in [-0.1, -0.05) is 29.4 Å². The molecule has 3 rings (SSSR count). The molecule has 1 aromatic carbocycles. The van der Waals surface area contributed by atoms with E-state index in [1.165, 1.54) is 0 Å². The van der Waals surface area contributed by atoms with Gasteiger partial charge in [-0.3, -0.25) is 9.78 Å². The van der Waals surface area contributed by atoms with Crippen molar-refractivity contribution in [3.05, 3.63) is 48.3 Å². The lowest BCUT2D eigenvalue weighted by Gasteiger charge is -1.99. The number of aldehydes is 1. The SMILES string of the molecule is O=Cc1ccccc1-c1noc2ccncc12. The summed E-state index contributed by atoms with van der Waals surface area (Å²) in [6.07, 6.45) is 4.14. The molecule has 0 aliphatic rings. The predicted octanol–water partition coefficient (Wildman–Crippen LogP) is 2.70. The number of hydrogen-bond acceptors (Lipinski definition) is 4. The van der Waals surface area contributed by atoms with Gasteiger partial charge in [0.15, 0.2) is 11.9 Å². The first-order valence-electron chi connectivity index (χ1n) is 5.14. The number of nitrogens with zero attached hydrogens (tertiary/aromatic N) is 2. The Balaban J connectivity index is 2.31. The van der Waals surface area contributed by atoms with Gasteiger partial charge in [-0.05, 0) is 0 Å². The lowest BCUT2D eigenvalue weighted by atomic mass is 10.0. The number of aromatic nitrogens is 2. The summed E-state index contributed by atoms with van der Waals surface area (Å²) in [5.41, 5.74) is 2.66. The fourth-order valence-corrected chi connectivity index (χ4v) is 1.79. The number of pyridine rings is 1. The van der Waals surface area contributed by atoms with Crippen LogP contribution >= 0.6 is 0 Å². The van der Waals surface area contributed by atoms with Crippen molar-refractivity contribution in [2.75, 3.05) is 0 Å². The summed E-state index contributed by atoms with van der Waals surface area (Å²) in [6.45, 7) is 0. The highest BCUT2D eigenvalue weighted by Crippen LogP contribution is 2.28. The van der Waals surface area contributed by atoms with Crippen LogP contribution < -0.4 is 0 Å². The van der Waals surface area contributed by atoms with Gasteiger partial charge < -0.3 is 4.52 Å². The maximum Gasteiger partial charge on any atom is 0.170 e. The van der Waals surface area contributed by atoms with E-state index in [9.17, 15) is 4.79 Å². The van der Waals surface area contributed by atoms with Crippen LogP contribution in [0.4, 0.5) is 0 Å². The highest BCUT2D eigenvalue weighted by molar-refractivity contribution is 5.96. The summed E-state index contributed by atoms with van der Waals surface area (Å²) in [5, 5.41) is 4.81. The summed E-state index contributed by atoms with van der Waals surface area (Å²) < 4.78 is 5.20. The fraction of sp³-hybridized carbons (Fsp3) is 0. The first-order valence-corrected chi connectivity index (χ1v) is 5.14. The number of carbonyl (C=O) groups is 1. The third kappa shape index (κ3) is 1.50. The summed E-state index contributed by atoms with van der Waals surface area (Å²) in [4.78, 5) is 15.0. The fourth-order valence-electron chi connectivity index (χ4n) is 1.79. The summed E-state index contributed by atoms with van der Waals surface area (Å²) in [7, 11) is 0. The molecule has 17 heavy (non-hydrogen) atoms. The van der Waals surface area contributed by atoms with E-state index in [0.29, 0.717) is 16.8 Å². The normalized spacial score (nSPS) is 10.6. The minimum Gasteiger partial charge on any atom is -0.356 e. The van der Waals surface area contributed by atoms with E-state index in [-0.39, 0.29) is 0 Å². The van der Waals surface area contributed by atoms with Gasteiger partial charge in [-0.25, -0.2) is 0 Å². The highest BCUT2D eigenvalue weighted by Gasteiger charge is 2.12. The van der Waals surface area contributed by atoms with Crippen molar-refractivity contribution >= 4 is 17.3 Å². The molecule has 0 bridgehead atoms. The van der Waals surface area contributed by atoms with E-state index in [4.69, 9.17) is 4.52 Å². The van der Waals surface area contributed by atoms with Crippen LogP contribution in [0.1, 0.15) is 10.4 Å². The Bertz CT molecular complexity index is 688. The van der Waals surface area contributed by atoms with E-state index >= 15 is 0 Å². The van der Waals surface area contributed by atoms with E-state index in [0.717, 1.165) is 17.2 Å². The summed E-state index contributed by atoms with van der Waals surface area (Å²) >= 11 is 0. The quantitative estimate of drug-likeness (QED) is 0.628. The van der Waals surface area contributed by atoms with Crippen LogP contribution in [0.3, 0.4) is 0 Å². The Morgan fingerprint density at radius 1 is 1.18 bits per heavy atom. The van der Waals surface area contributed by atoms with Crippen molar-refractivity contribution in [3.63, 3.8) is 0 Å². The molecule has 0 spiro atoms. The smallest absolute Gasteiger partial charge is 0.170 e. The van der Waals surface area contributed by atoms with Crippen LogP contribution in [0.15, 0.2) is 47.2 Å². The Morgan fingerprint density at radius 3 is 2.94 bits per heavy atom. The molecule has 82 valence electrons. The largest absolute Gasteiger partial charge is 0.356 e. The Labute approximate surface area is 96.9 Å². The zero-order valence-corrected chi connectivity index (χ0v) is 8.83. The molecule has 0 aliphatic heterocycles. The van der Waals surface area contributed by atoms with Crippen LogP contribution in [0.5, 0.6) is 0 Å². The molecular weight excluding hydrogens is 216 g/mol. The lowest BCUT2D eigenvalue weighted by Crippen LogP contribution is -1.87. The van der Waals surface area contributed by atoms with E-state index in [1.807, 2.05) is 18.2 Å². The van der Waals surface area contributed by atoms with Crippen LogP contribution in [-0.4, -0.2) is 16.4 Å². The molecule has 0 N–H and O–H groups in total. The molecule has 0 saturated heterocycles. The van der Waals surface area contributed by atoms with E-state index in [2.05, 4.69) is 10.1 Å². The average Bonchev–Trinajstić information content (AvgIpc) is 2.82. The van der Waals surface area contributed by atoms with Crippen molar-refractivity contribution in [1.82, 2.24) is 10.1 Å². The van der Waals surface area contributed by atoms with Crippen LogP contribution in [0.2, 0.25) is 0 Å². The molecule has 0 aliphatic carbocycles. The molecule has 0 radical (unpaired) electrons. The second-order valence-electron chi connectivity index (χ2n) is 3.61.